The Morgan fingerprint density at radius 3 is 1.95 bits per heavy atom. The topological polar surface area (TPSA) is 32.3 Å². The van der Waals surface area contributed by atoms with Gasteiger partial charge in [0, 0.05) is 19.2 Å². The first kappa shape index (κ1) is 12.5. The molecule has 0 atom stereocenters. The number of anilines is 2. The Morgan fingerprint density at radius 1 is 1.05 bits per heavy atom. The van der Waals surface area contributed by atoms with E-state index in [0.29, 0.717) is 0 Å². The molecular formula is C16H16N4. The molecule has 0 unspecified atom stereocenters. The van der Waals surface area contributed by atoms with Crippen LogP contribution in [0.1, 0.15) is 13.8 Å². The lowest BCUT2D eigenvalue weighted by Crippen LogP contribution is -2.28. The van der Waals surface area contributed by atoms with Gasteiger partial charge in [0.2, 0.25) is 0 Å². The summed E-state index contributed by atoms with van der Waals surface area (Å²) >= 11 is 0. The van der Waals surface area contributed by atoms with Gasteiger partial charge >= 0.3 is 0 Å². The van der Waals surface area contributed by atoms with Crippen LogP contribution >= 0.6 is 0 Å². The summed E-state index contributed by atoms with van der Waals surface area (Å²) in [5.74, 6) is 5.36. The van der Waals surface area contributed by atoms with Gasteiger partial charge in [-0.3, -0.25) is 0 Å². The fourth-order valence-corrected chi connectivity index (χ4v) is 2.56. The minimum atomic E-state index is 0.810. The number of fused-ring (bicyclic) bond motifs is 2. The molecule has 4 nitrogen and oxygen atoms in total. The Balaban J connectivity index is 2.26. The maximum atomic E-state index is 5.46. The van der Waals surface area contributed by atoms with Crippen LogP contribution in [0.15, 0.2) is 36.2 Å². The summed E-state index contributed by atoms with van der Waals surface area (Å²) in [7, 11) is 0. The molecule has 2 heterocycles. The van der Waals surface area contributed by atoms with Crippen molar-refractivity contribution in [3.05, 3.63) is 36.2 Å². The molecule has 0 radical (unpaired) electrons. The molecule has 1 aromatic heterocycles. The molecular weight excluding hydrogens is 248 g/mol. The summed E-state index contributed by atoms with van der Waals surface area (Å²) in [6, 6.07) is 7.92. The Hall–Kier alpha value is -2.54. The average Bonchev–Trinajstić information content (AvgIpc) is 2.77. The van der Waals surface area contributed by atoms with Gasteiger partial charge in [0.1, 0.15) is 5.82 Å². The largest absolute Gasteiger partial charge is 0.309 e. The van der Waals surface area contributed by atoms with E-state index < -0.39 is 0 Å². The first-order valence-corrected chi connectivity index (χ1v) is 6.78. The van der Waals surface area contributed by atoms with Crippen molar-refractivity contribution in [3.8, 4) is 12.3 Å². The van der Waals surface area contributed by atoms with Gasteiger partial charge in [0.05, 0.1) is 11.0 Å². The monoisotopic (exact) mass is 264 g/mol. The highest BCUT2D eigenvalue weighted by molar-refractivity contribution is 5.85. The van der Waals surface area contributed by atoms with E-state index in [4.69, 9.17) is 16.4 Å². The second-order valence-electron chi connectivity index (χ2n) is 4.52. The smallest absolute Gasteiger partial charge is 0.178 e. The third-order valence-corrected chi connectivity index (χ3v) is 3.44. The van der Waals surface area contributed by atoms with Crippen molar-refractivity contribution in [1.82, 2.24) is 9.97 Å². The number of rotatable bonds is 2. The number of terminal acetylenes is 1. The zero-order valence-electron chi connectivity index (χ0n) is 11.7. The molecule has 0 bridgehead atoms. The van der Waals surface area contributed by atoms with Gasteiger partial charge in [-0.1, -0.05) is 18.1 Å². The molecule has 0 aliphatic carbocycles. The highest BCUT2D eigenvalue weighted by atomic mass is 15.4. The normalized spacial score (nSPS) is 13.6. The maximum absolute atomic E-state index is 5.46. The molecule has 1 aromatic carbocycles. The third-order valence-electron chi connectivity index (χ3n) is 3.44. The predicted octanol–water partition coefficient (Wildman–Crippen LogP) is 2.77. The van der Waals surface area contributed by atoms with Crippen LogP contribution in [0.2, 0.25) is 0 Å². The Morgan fingerprint density at radius 2 is 1.55 bits per heavy atom. The molecule has 0 saturated heterocycles. The van der Waals surface area contributed by atoms with Gasteiger partial charge in [-0.15, -0.1) is 6.42 Å². The maximum Gasteiger partial charge on any atom is 0.178 e. The van der Waals surface area contributed by atoms with Crippen molar-refractivity contribution in [3.63, 3.8) is 0 Å². The van der Waals surface area contributed by atoms with E-state index >= 15 is 0 Å². The summed E-state index contributed by atoms with van der Waals surface area (Å²) in [6.07, 6.45) is 7.24. The lowest BCUT2D eigenvalue weighted by molar-refractivity contribution is 0.891. The van der Waals surface area contributed by atoms with Gasteiger partial charge in [0.25, 0.3) is 0 Å². The molecule has 1 aliphatic rings. The predicted molar refractivity (Wildman–Crippen MR) is 82.5 cm³/mol. The van der Waals surface area contributed by atoms with Gasteiger partial charge in [-0.25, -0.2) is 9.97 Å². The molecule has 3 rings (SSSR count). The van der Waals surface area contributed by atoms with Crippen LogP contribution in [0.3, 0.4) is 0 Å². The van der Waals surface area contributed by atoms with Crippen LogP contribution in [0, 0.1) is 12.3 Å². The average molecular weight is 264 g/mol. The summed E-state index contributed by atoms with van der Waals surface area (Å²) < 4.78 is 0. The van der Waals surface area contributed by atoms with Crippen molar-refractivity contribution >= 4 is 22.7 Å². The quantitative estimate of drug-likeness (QED) is 0.781. The minimum Gasteiger partial charge on any atom is -0.309 e. The molecule has 20 heavy (non-hydrogen) atoms. The standard InChI is InChI=1S/C16H16N4/c1-4-9-14-19(5-2)15-16(20(14)6-3)18-13-11-8-7-10-12(13)17-15/h1,7-11H,5-6H2,2-3H3. The molecule has 4 heteroatoms. The first-order valence-electron chi connectivity index (χ1n) is 6.78. The highest BCUT2D eigenvalue weighted by Crippen LogP contribution is 2.39. The number of allylic oxidation sites excluding steroid dienone is 1. The second-order valence-corrected chi connectivity index (χ2v) is 4.52. The van der Waals surface area contributed by atoms with Crippen molar-refractivity contribution in [2.45, 2.75) is 13.8 Å². The Bertz CT molecular complexity index is 674. The van der Waals surface area contributed by atoms with E-state index in [2.05, 4.69) is 29.6 Å². The second kappa shape index (κ2) is 4.86. The van der Waals surface area contributed by atoms with Crippen LogP contribution < -0.4 is 9.80 Å². The van der Waals surface area contributed by atoms with Crippen molar-refractivity contribution in [2.75, 3.05) is 22.9 Å². The number of hydrogen-bond acceptors (Lipinski definition) is 4. The molecule has 100 valence electrons. The summed E-state index contributed by atoms with van der Waals surface area (Å²) in [5.41, 5.74) is 1.81. The molecule has 0 amide bonds. The first-order chi connectivity index (χ1) is 9.80. The van der Waals surface area contributed by atoms with E-state index in [1.54, 1.807) is 6.08 Å². The summed E-state index contributed by atoms with van der Waals surface area (Å²) in [5, 5.41) is 0. The van der Waals surface area contributed by atoms with E-state index in [-0.39, 0.29) is 0 Å². The number of benzene rings is 1. The van der Waals surface area contributed by atoms with Gasteiger partial charge < -0.3 is 9.80 Å². The van der Waals surface area contributed by atoms with Gasteiger partial charge in [0.15, 0.2) is 11.6 Å². The number of aromatic nitrogens is 2. The van der Waals surface area contributed by atoms with Gasteiger partial charge in [-0.2, -0.15) is 0 Å². The van der Waals surface area contributed by atoms with Crippen molar-refractivity contribution in [1.29, 1.82) is 0 Å². The van der Waals surface area contributed by atoms with E-state index in [1.807, 2.05) is 24.3 Å². The number of nitrogens with zero attached hydrogens (tertiary/aromatic N) is 4. The van der Waals surface area contributed by atoms with Crippen LogP contribution in [0.4, 0.5) is 11.6 Å². The minimum absolute atomic E-state index is 0.810. The molecule has 1 aliphatic heterocycles. The van der Waals surface area contributed by atoms with Crippen molar-refractivity contribution < 1.29 is 0 Å². The lowest BCUT2D eigenvalue weighted by Gasteiger charge is -2.21. The molecule has 0 N–H and O–H groups in total. The van der Waals surface area contributed by atoms with Gasteiger partial charge in [-0.05, 0) is 26.0 Å². The highest BCUT2D eigenvalue weighted by Gasteiger charge is 2.32. The lowest BCUT2D eigenvalue weighted by atomic mass is 10.3. The Kier molecular flexibility index (Phi) is 3.03. The number of para-hydroxylation sites is 2. The van der Waals surface area contributed by atoms with Crippen LogP contribution in [-0.4, -0.2) is 23.1 Å². The van der Waals surface area contributed by atoms with E-state index in [0.717, 1.165) is 41.6 Å². The zero-order chi connectivity index (χ0) is 14.1. The molecule has 0 fully saturated rings. The SMILES string of the molecule is C#CC=C1N(CC)c2nc3ccccc3nc2N1CC. The summed E-state index contributed by atoms with van der Waals surface area (Å²) in [6.45, 7) is 5.79. The molecule has 0 spiro atoms. The van der Waals surface area contributed by atoms with Crippen LogP contribution in [0.5, 0.6) is 0 Å². The molecule has 0 saturated carbocycles. The van der Waals surface area contributed by atoms with Crippen molar-refractivity contribution in [2.24, 2.45) is 0 Å². The number of hydrogen-bond donors (Lipinski definition) is 0. The van der Waals surface area contributed by atoms with E-state index in [9.17, 15) is 0 Å². The third kappa shape index (κ3) is 1.71. The van der Waals surface area contributed by atoms with Crippen LogP contribution in [-0.2, 0) is 0 Å². The fourth-order valence-electron chi connectivity index (χ4n) is 2.56. The van der Waals surface area contributed by atoms with E-state index in [1.165, 1.54) is 0 Å². The fraction of sp³-hybridized carbons (Fsp3) is 0.250. The molecule has 2 aromatic rings. The Labute approximate surface area is 118 Å². The van der Waals surface area contributed by atoms with Crippen LogP contribution in [0.25, 0.3) is 11.0 Å². The summed E-state index contributed by atoms with van der Waals surface area (Å²) in [4.78, 5) is 13.7. The zero-order valence-corrected chi connectivity index (χ0v) is 11.7.